The maximum absolute atomic E-state index is 10.5. The summed E-state index contributed by atoms with van der Waals surface area (Å²) in [6.45, 7) is 11.7. The molecule has 0 aliphatic rings. The monoisotopic (exact) mass is 387 g/mol. The normalized spacial score (nSPS) is 12.0. The molecular weight excluding hydrogens is 354 g/mol. The van der Waals surface area contributed by atoms with Crippen molar-refractivity contribution in [1.82, 2.24) is 9.97 Å². The van der Waals surface area contributed by atoms with E-state index in [0.717, 1.165) is 48.3 Å². The highest BCUT2D eigenvalue weighted by Gasteiger charge is 2.25. The van der Waals surface area contributed by atoms with Gasteiger partial charge in [-0.2, -0.15) is 4.98 Å². The first-order chi connectivity index (χ1) is 13.4. The molecule has 0 radical (unpaired) electrons. The highest BCUT2D eigenvalue weighted by atomic mass is 16.5. The topological polar surface area (TPSA) is 67.7 Å². The van der Waals surface area contributed by atoms with Gasteiger partial charge in [0.2, 0.25) is 5.88 Å². The highest BCUT2D eigenvalue weighted by Crippen LogP contribution is 2.39. The van der Waals surface area contributed by atoms with Crippen molar-refractivity contribution in [3.63, 3.8) is 0 Å². The van der Waals surface area contributed by atoms with Gasteiger partial charge in [0.05, 0.1) is 25.9 Å². The first-order valence-electron chi connectivity index (χ1n) is 9.92. The average molecular weight is 388 g/mol. The maximum atomic E-state index is 10.5. The molecule has 0 amide bonds. The predicted octanol–water partition coefficient (Wildman–Crippen LogP) is 4.46. The summed E-state index contributed by atoms with van der Waals surface area (Å²) in [4.78, 5) is 11.7. The molecule has 154 valence electrons. The van der Waals surface area contributed by atoms with Gasteiger partial charge in [0.15, 0.2) is 5.82 Å². The molecule has 6 heteroatoms. The van der Waals surface area contributed by atoms with E-state index in [1.807, 2.05) is 19.9 Å². The van der Waals surface area contributed by atoms with E-state index in [9.17, 15) is 5.11 Å². The number of methoxy groups -OCH3 is 2. The summed E-state index contributed by atoms with van der Waals surface area (Å²) >= 11 is 0. The largest absolute Gasteiger partial charge is 0.496 e. The molecule has 1 unspecified atom stereocenters. The molecule has 0 bridgehead atoms. The zero-order valence-electron chi connectivity index (χ0n) is 18.2. The van der Waals surface area contributed by atoms with Crippen LogP contribution in [0.5, 0.6) is 11.6 Å². The number of aryl methyl sites for hydroxylation is 2. The number of hydrogen-bond donors (Lipinski definition) is 1. The molecule has 0 spiro atoms. The number of aliphatic hydroxyl groups excluding tert-OH is 1. The third kappa shape index (κ3) is 4.55. The Hall–Kier alpha value is -2.34. The van der Waals surface area contributed by atoms with Gasteiger partial charge in [0.25, 0.3) is 0 Å². The average Bonchev–Trinajstić information content (AvgIpc) is 2.66. The van der Waals surface area contributed by atoms with Crippen LogP contribution in [0.15, 0.2) is 12.1 Å². The van der Waals surface area contributed by atoms with E-state index < -0.39 is 6.10 Å². The lowest BCUT2D eigenvalue weighted by Gasteiger charge is -2.28. The summed E-state index contributed by atoms with van der Waals surface area (Å²) in [5.41, 5.74) is 4.29. The quantitative estimate of drug-likeness (QED) is 0.685. The lowest BCUT2D eigenvalue weighted by Crippen LogP contribution is -2.28. The van der Waals surface area contributed by atoms with Gasteiger partial charge in [-0.05, 0) is 50.8 Å². The fourth-order valence-electron chi connectivity index (χ4n) is 3.54. The van der Waals surface area contributed by atoms with E-state index in [1.165, 1.54) is 0 Å². The Balaban J connectivity index is 2.76. The van der Waals surface area contributed by atoms with Crippen molar-refractivity contribution < 1.29 is 14.6 Å². The molecule has 2 aromatic rings. The summed E-state index contributed by atoms with van der Waals surface area (Å²) < 4.78 is 11.3. The Morgan fingerprint density at radius 2 is 1.68 bits per heavy atom. The molecule has 0 aliphatic carbocycles. The molecule has 1 heterocycles. The second-order valence-electron chi connectivity index (χ2n) is 7.11. The van der Waals surface area contributed by atoms with E-state index in [0.29, 0.717) is 23.1 Å². The lowest BCUT2D eigenvalue weighted by molar-refractivity contribution is 0.194. The first-order valence-corrected chi connectivity index (χ1v) is 9.92. The fourth-order valence-corrected chi connectivity index (χ4v) is 3.54. The van der Waals surface area contributed by atoms with Crippen LogP contribution >= 0.6 is 0 Å². The van der Waals surface area contributed by atoms with Crippen molar-refractivity contribution in [2.75, 3.05) is 32.2 Å². The van der Waals surface area contributed by atoms with E-state index in [2.05, 4.69) is 24.8 Å². The predicted molar refractivity (Wildman–Crippen MR) is 113 cm³/mol. The first kappa shape index (κ1) is 22.0. The molecule has 0 aliphatic heterocycles. The van der Waals surface area contributed by atoms with Crippen LogP contribution in [0, 0.1) is 13.8 Å². The van der Waals surface area contributed by atoms with Crippen LogP contribution < -0.4 is 14.4 Å². The zero-order chi connectivity index (χ0) is 20.8. The third-order valence-electron chi connectivity index (χ3n) is 4.66. The van der Waals surface area contributed by atoms with E-state index >= 15 is 0 Å². The Kier molecular flexibility index (Phi) is 7.63. The molecule has 6 nitrogen and oxygen atoms in total. The van der Waals surface area contributed by atoms with E-state index in [4.69, 9.17) is 19.4 Å². The van der Waals surface area contributed by atoms with Gasteiger partial charge in [-0.3, -0.25) is 0 Å². The molecule has 0 saturated heterocycles. The van der Waals surface area contributed by atoms with Gasteiger partial charge in [-0.25, -0.2) is 4.98 Å². The minimum absolute atomic E-state index is 0.477. The van der Waals surface area contributed by atoms with Crippen molar-refractivity contribution in [2.45, 2.75) is 53.6 Å². The molecule has 0 fully saturated rings. The molecule has 1 aromatic heterocycles. The van der Waals surface area contributed by atoms with Crippen LogP contribution in [0.2, 0.25) is 0 Å². The van der Waals surface area contributed by atoms with Crippen LogP contribution in [-0.4, -0.2) is 42.4 Å². The Morgan fingerprint density at radius 1 is 1.04 bits per heavy atom. The summed E-state index contributed by atoms with van der Waals surface area (Å²) in [5, 5.41) is 10.5. The standard InChI is InChI=1S/C22H33N3O3/c1-8-10-25(11-9-2)20-19(16(5)26)23-21(24-22(20)28-7)18-15(4)12-14(3)13-17(18)27-6/h12-13,16,26H,8-11H2,1-7H3. The Morgan fingerprint density at radius 3 is 2.18 bits per heavy atom. The Labute approximate surface area is 168 Å². The smallest absolute Gasteiger partial charge is 0.241 e. The van der Waals surface area contributed by atoms with Crippen molar-refractivity contribution in [3.05, 3.63) is 29.0 Å². The summed E-state index contributed by atoms with van der Waals surface area (Å²) in [5.74, 6) is 1.69. The highest BCUT2D eigenvalue weighted by molar-refractivity contribution is 5.72. The minimum atomic E-state index is -0.751. The van der Waals surface area contributed by atoms with Crippen molar-refractivity contribution >= 4 is 5.69 Å². The molecule has 1 N–H and O–H groups in total. The molecule has 0 saturated carbocycles. The van der Waals surface area contributed by atoms with Gasteiger partial charge in [0, 0.05) is 13.1 Å². The number of anilines is 1. The van der Waals surface area contributed by atoms with Gasteiger partial charge in [-0.15, -0.1) is 0 Å². The summed E-state index contributed by atoms with van der Waals surface area (Å²) in [6.07, 6.45) is 1.21. The van der Waals surface area contributed by atoms with Crippen LogP contribution in [0.25, 0.3) is 11.4 Å². The molecule has 2 rings (SSSR count). The second-order valence-corrected chi connectivity index (χ2v) is 7.11. The van der Waals surface area contributed by atoms with Crippen LogP contribution in [0.1, 0.15) is 56.5 Å². The minimum Gasteiger partial charge on any atom is -0.496 e. The van der Waals surface area contributed by atoms with E-state index in [-0.39, 0.29) is 0 Å². The lowest BCUT2D eigenvalue weighted by atomic mass is 10.0. The molecule has 1 aromatic carbocycles. The van der Waals surface area contributed by atoms with Crippen molar-refractivity contribution in [2.24, 2.45) is 0 Å². The van der Waals surface area contributed by atoms with Crippen molar-refractivity contribution in [3.8, 4) is 23.0 Å². The summed E-state index contributed by atoms with van der Waals surface area (Å²) in [6, 6.07) is 4.04. The Bertz CT molecular complexity index is 800. The molecular formula is C22H33N3O3. The molecule has 28 heavy (non-hydrogen) atoms. The number of benzene rings is 1. The van der Waals surface area contributed by atoms with Gasteiger partial charge < -0.3 is 19.5 Å². The number of hydrogen-bond acceptors (Lipinski definition) is 6. The zero-order valence-corrected chi connectivity index (χ0v) is 18.2. The number of nitrogens with zero attached hydrogens (tertiary/aromatic N) is 3. The maximum Gasteiger partial charge on any atom is 0.241 e. The fraction of sp³-hybridized carbons (Fsp3) is 0.545. The SMILES string of the molecule is CCCN(CCC)c1c(OC)nc(-c2c(C)cc(C)cc2OC)nc1C(C)O. The van der Waals surface area contributed by atoms with Gasteiger partial charge >= 0.3 is 0 Å². The molecule has 1 atom stereocenters. The number of rotatable bonds is 9. The third-order valence-corrected chi connectivity index (χ3v) is 4.66. The van der Waals surface area contributed by atoms with Crippen molar-refractivity contribution in [1.29, 1.82) is 0 Å². The van der Waals surface area contributed by atoms with Crippen LogP contribution in [0.3, 0.4) is 0 Å². The summed E-state index contributed by atoms with van der Waals surface area (Å²) in [7, 11) is 3.25. The van der Waals surface area contributed by atoms with E-state index in [1.54, 1.807) is 21.1 Å². The number of aromatic nitrogens is 2. The van der Waals surface area contributed by atoms with Gasteiger partial charge in [0.1, 0.15) is 17.1 Å². The number of ether oxygens (including phenoxy) is 2. The second kappa shape index (κ2) is 9.73. The number of aliphatic hydroxyl groups is 1. The van der Waals surface area contributed by atoms with Crippen LogP contribution in [-0.2, 0) is 0 Å². The van der Waals surface area contributed by atoms with Crippen LogP contribution in [0.4, 0.5) is 5.69 Å². The van der Waals surface area contributed by atoms with Gasteiger partial charge in [-0.1, -0.05) is 19.9 Å².